The number of aliphatic hydroxyl groups excluding tert-OH is 1. The zero-order chi connectivity index (χ0) is 13.5. The van der Waals surface area contributed by atoms with Crippen LogP contribution in [0.5, 0.6) is 0 Å². The number of amides is 1. The second-order valence-corrected chi connectivity index (χ2v) is 5.75. The molecule has 1 rings (SSSR count). The fourth-order valence-corrected chi connectivity index (χ4v) is 2.56. The average molecular weight is 269 g/mol. The van der Waals surface area contributed by atoms with Gasteiger partial charge in [-0.25, -0.2) is 0 Å². The van der Waals surface area contributed by atoms with Crippen molar-refractivity contribution in [1.29, 1.82) is 0 Å². The number of benzene rings is 1. The predicted octanol–water partition coefficient (Wildman–Crippen LogP) is 1.17. The fraction of sp³-hybridized carbons (Fsp3) is 0.462. The van der Waals surface area contributed by atoms with E-state index in [0.29, 0.717) is 6.54 Å². The van der Waals surface area contributed by atoms with E-state index in [1.807, 2.05) is 37.3 Å². The minimum absolute atomic E-state index is 0.138. The van der Waals surface area contributed by atoms with Crippen molar-refractivity contribution in [3.8, 4) is 0 Å². The molecule has 18 heavy (non-hydrogen) atoms. The van der Waals surface area contributed by atoms with E-state index in [1.165, 1.54) is 0 Å². The minimum atomic E-state index is -1.33. The standard InChI is InChI=1S/C13H19NO3S/c1-3-14(12-7-5-4-6-8-12)13(16)11(2)18(17)10-9-15/h4-8,11,15H,3,9-10H2,1-2H3. The fourth-order valence-electron chi connectivity index (χ4n) is 1.67. The van der Waals surface area contributed by atoms with Gasteiger partial charge in [-0.2, -0.15) is 0 Å². The second kappa shape index (κ2) is 7.28. The SMILES string of the molecule is CCN(C(=O)C(C)S(=O)CCO)c1ccccc1. The highest BCUT2D eigenvalue weighted by molar-refractivity contribution is 7.86. The van der Waals surface area contributed by atoms with Crippen molar-refractivity contribution in [1.82, 2.24) is 0 Å². The first-order valence-electron chi connectivity index (χ1n) is 5.96. The summed E-state index contributed by atoms with van der Waals surface area (Å²) in [6.07, 6.45) is 0. The summed E-state index contributed by atoms with van der Waals surface area (Å²) >= 11 is 0. The molecule has 0 spiro atoms. The highest BCUT2D eigenvalue weighted by atomic mass is 32.2. The Kier molecular flexibility index (Phi) is 6.01. The van der Waals surface area contributed by atoms with Crippen LogP contribution in [0.3, 0.4) is 0 Å². The molecule has 1 aromatic carbocycles. The third-order valence-corrected chi connectivity index (χ3v) is 4.26. The molecule has 0 fully saturated rings. The van der Waals surface area contributed by atoms with E-state index in [0.717, 1.165) is 5.69 Å². The summed E-state index contributed by atoms with van der Waals surface area (Å²) in [7, 11) is -1.33. The van der Waals surface area contributed by atoms with Gasteiger partial charge in [-0.05, 0) is 26.0 Å². The largest absolute Gasteiger partial charge is 0.395 e. The van der Waals surface area contributed by atoms with E-state index < -0.39 is 16.0 Å². The molecule has 0 radical (unpaired) electrons. The zero-order valence-corrected chi connectivity index (χ0v) is 11.5. The lowest BCUT2D eigenvalue weighted by molar-refractivity contribution is -0.117. The van der Waals surface area contributed by atoms with Crippen LogP contribution in [0.2, 0.25) is 0 Å². The highest BCUT2D eigenvalue weighted by Crippen LogP contribution is 2.15. The zero-order valence-electron chi connectivity index (χ0n) is 10.7. The Morgan fingerprint density at radius 1 is 1.39 bits per heavy atom. The third-order valence-electron chi connectivity index (χ3n) is 2.68. The van der Waals surface area contributed by atoms with Gasteiger partial charge in [0.25, 0.3) is 0 Å². The molecule has 2 atom stereocenters. The summed E-state index contributed by atoms with van der Waals surface area (Å²) in [6, 6.07) is 9.31. The van der Waals surface area contributed by atoms with Crippen LogP contribution in [0.25, 0.3) is 0 Å². The molecule has 2 unspecified atom stereocenters. The smallest absolute Gasteiger partial charge is 0.242 e. The molecule has 0 aliphatic heterocycles. The molecule has 0 saturated carbocycles. The monoisotopic (exact) mass is 269 g/mol. The number of carbonyl (C=O) groups is 1. The van der Waals surface area contributed by atoms with Crippen LogP contribution in [-0.4, -0.2) is 39.4 Å². The number of anilines is 1. The summed E-state index contributed by atoms with van der Waals surface area (Å²) in [5.41, 5.74) is 0.804. The lowest BCUT2D eigenvalue weighted by atomic mass is 10.2. The Hall–Kier alpha value is -1.20. The summed E-state index contributed by atoms with van der Waals surface area (Å²) < 4.78 is 11.7. The molecule has 4 nitrogen and oxygen atoms in total. The van der Waals surface area contributed by atoms with Gasteiger partial charge in [-0.15, -0.1) is 0 Å². The molecule has 1 amide bonds. The first-order valence-corrected chi connectivity index (χ1v) is 7.34. The van der Waals surface area contributed by atoms with Gasteiger partial charge in [0.15, 0.2) is 0 Å². The lowest BCUT2D eigenvalue weighted by Crippen LogP contribution is -2.40. The van der Waals surface area contributed by atoms with Crippen LogP contribution in [0, 0.1) is 0 Å². The van der Waals surface area contributed by atoms with Crippen molar-refractivity contribution in [2.45, 2.75) is 19.1 Å². The van der Waals surface area contributed by atoms with Gasteiger partial charge < -0.3 is 10.0 Å². The maximum absolute atomic E-state index is 12.2. The van der Waals surface area contributed by atoms with Crippen LogP contribution >= 0.6 is 0 Å². The second-order valence-electron chi connectivity index (χ2n) is 3.87. The van der Waals surface area contributed by atoms with Crippen LogP contribution in [-0.2, 0) is 15.6 Å². The van der Waals surface area contributed by atoms with Crippen LogP contribution in [0.1, 0.15) is 13.8 Å². The number of hydrogen-bond acceptors (Lipinski definition) is 3. The molecule has 5 heteroatoms. The number of carbonyl (C=O) groups excluding carboxylic acids is 1. The van der Waals surface area contributed by atoms with Crippen molar-refractivity contribution < 1.29 is 14.1 Å². The Labute approximate surface area is 110 Å². The van der Waals surface area contributed by atoms with E-state index in [9.17, 15) is 9.00 Å². The number of hydrogen-bond donors (Lipinski definition) is 1. The molecule has 0 bridgehead atoms. The maximum atomic E-state index is 12.2. The topological polar surface area (TPSA) is 57.6 Å². The summed E-state index contributed by atoms with van der Waals surface area (Å²) in [4.78, 5) is 13.9. The van der Waals surface area contributed by atoms with Crippen LogP contribution < -0.4 is 4.90 Å². The molecule has 1 aromatic rings. The molecule has 100 valence electrons. The van der Waals surface area contributed by atoms with E-state index in [4.69, 9.17) is 5.11 Å². The lowest BCUT2D eigenvalue weighted by Gasteiger charge is -2.24. The van der Waals surface area contributed by atoms with Gasteiger partial charge >= 0.3 is 0 Å². The van der Waals surface area contributed by atoms with Gasteiger partial charge in [0, 0.05) is 28.8 Å². The quantitative estimate of drug-likeness (QED) is 0.843. The first kappa shape index (κ1) is 14.9. The number of para-hydroxylation sites is 1. The predicted molar refractivity (Wildman–Crippen MR) is 74.0 cm³/mol. The van der Waals surface area contributed by atoms with Gasteiger partial charge in [0.2, 0.25) is 5.91 Å². The highest BCUT2D eigenvalue weighted by Gasteiger charge is 2.25. The Morgan fingerprint density at radius 3 is 2.50 bits per heavy atom. The molecule has 0 aromatic heterocycles. The molecular weight excluding hydrogens is 250 g/mol. The van der Waals surface area contributed by atoms with Gasteiger partial charge in [0.05, 0.1) is 6.61 Å². The van der Waals surface area contributed by atoms with Crippen molar-refractivity contribution in [3.05, 3.63) is 30.3 Å². The summed E-state index contributed by atoms with van der Waals surface area (Å²) in [5, 5.41) is 8.16. The van der Waals surface area contributed by atoms with E-state index in [2.05, 4.69) is 0 Å². The van der Waals surface area contributed by atoms with E-state index in [1.54, 1.807) is 11.8 Å². The molecule has 0 aliphatic rings. The average Bonchev–Trinajstić information content (AvgIpc) is 2.40. The minimum Gasteiger partial charge on any atom is -0.395 e. The molecule has 0 heterocycles. The van der Waals surface area contributed by atoms with Crippen LogP contribution in [0.15, 0.2) is 30.3 Å². The number of nitrogens with zero attached hydrogens (tertiary/aromatic N) is 1. The normalized spacial score (nSPS) is 13.9. The first-order chi connectivity index (χ1) is 8.61. The molecular formula is C13H19NO3S. The van der Waals surface area contributed by atoms with Crippen LogP contribution in [0.4, 0.5) is 5.69 Å². The molecule has 1 N–H and O–H groups in total. The Balaban J connectivity index is 2.83. The number of rotatable bonds is 6. The summed E-state index contributed by atoms with van der Waals surface area (Å²) in [5.74, 6) is -0.0327. The van der Waals surface area contributed by atoms with E-state index >= 15 is 0 Å². The van der Waals surface area contributed by atoms with Crippen molar-refractivity contribution in [2.24, 2.45) is 0 Å². The van der Waals surface area contributed by atoms with Crippen molar-refractivity contribution in [2.75, 3.05) is 23.8 Å². The van der Waals surface area contributed by atoms with Gasteiger partial charge in [-0.3, -0.25) is 9.00 Å². The number of aliphatic hydroxyl groups is 1. The van der Waals surface area contributed by atoms with Gasteiger partial charge in [-0.1, -0.05) is 18.2 Å². The Morgan fingerprint density at radius 2 is 2.00 bits per heavy atom. The van der Waals surface area contributed by atoms with Crippen molar-refractivity contribution >= 4 is 22.4 Å². The third kappa shape index (κ3) is 3.65. The van der Waals surface area contributed by atoms with Crippen molar-refractivity contribution in [3.63, 3.8) is 0 Å². The molecule has 0 aliphatic carbocycles. The summed E-state index contributed by atoms with van der Waals surface area (Å²) in [6.45, 7) is 3.89. The maximum Gasteiger partial charge on any atom is 0.242 e. The van der Waals surface area contributed by atoms with E-state index in [-0.39, 0.29) is 18.3 Å². The Bertz CT molecular complexity index is 408. The van der Waals surface area contributed by atoms with Gasteiger partial charge in [0.1, 0.15) is 5.25 Å². The molecule has 0 saturated heterocycles.